The number of aliphatic hydroxyl groups excluding tert-OH is 1. The van der Waals surface area contributed by atoms with Crippen LogP contribution in [0.3, 0.4) is 0 Å². The molecule has 0 amide bonds. The van der Waals surface area contributed by atoms with Crippen molar-refractivity contribution in [2.75, 3.05) is 19.8 Å². The van der Waals surface area contributed by atoms with Gasteiger partial charge in [-0.1, -0.05) is 36.3 Å². The monoisotopic (exact) mass is 305 g/mol. The Hall–Kier alpha value is -1.73. The highest BCUT2D eigenvalue weighted by molar-refractivity contribution is 5.87. The summed E-state index contributed by atoms with van der Waals surface area (Å²) >= 11 is 0. The topological polar surface area (TPSA) is 41.5 Å². The normalized spacial score (nSPS) is 9.90. The molecule has 0 aliphatic rings. The first kappa shape index (κ1) is 17.3. The molecular weight excluding hydrogens is 286 g/mol. The van der Waals surface area contributed by atoms with Crippen LogP contribution in [0.4, 0.5) is 0 Å². The largest absolute Gasteiger partial charge is 0.481 e. The van der Waals surface area contributed by atoms with Crippen molar-refractivity contribution in [3.8, 4) is 18.1 Å². The summed E-state index contributed by atoms with van der Waals surface area (Å²) in [4.78, 5) is 0. The van der Waals surface area contributed by atoms with Gasteiger partial charge in [0.25, 0.3) is 0 Å². The minimum absolute atomic E-state index is 0. The maximum atomic E-state index is 8.82. The molecule has 0 spiro atoms. The van der Waals surface area contributed by atoms with Crippen LogP contribution in [0, 0.1) is 12.3 Å². The molecule has 3 nitrogen and oxygen atoms in total. The van der Waals surface area contributed by atoms with E-state index < -0.39 is 0 Å². The zero-order valence-corrected chi connectivity index (χ0v) is 12.7. The van der Waals surface area contributed by atoms with Crippen molar-refractivity contribution >= 4 is 23.2 Å². The van der Waals surface area contributed by atoms with E-state index in [2.05, 4.69) is 23.4 Å². The van der Waals surface area contributed by atoms with Gasteiger partial charge in [0.1, 0.15) is 12.4 Å². The van der Waals surface area contributed by atoms with Gasteiger partial charge in [0.05, 0.1) is 0 Å². The van der Waals surface area contributed by atoms with Gasteiger partial charge in [-0.2, -0.15) is 0 Å². The number of rotatable bonds is 7. The van der Waals surface area contributed by atoms with Crippen molar-refractivity contribution in [2.45, 2.75) is 13.0 Å². The molecule has 4 heteroatoms. The van der Waals surface area contributed by atoms with Crippen LogP contribution in [0.15, 0.2) is 36.4 Å². The lowest BCUT2D eigenvalue weighted by Crippen LogP contribution is -2.16. The smallest absolute Gasteiger partial charge is 0.148 e. The average Bonchev–Trinajstić information content (AvgIpc) is 2.50. The molecule has 0 saturated carbocycles. The molecule has 0 radical (unpaired) electrons. The fourth-order valence-corrected chi connectivity index (χ4v) is 2.17. The number of fused-ring (bicyclic) bond motifs is 1. The van der Waals surface area contributed by atoms with Crippen molar-refractivity contribution in [3.63, 3.8) is 0 Å². The third-order valence-electron chi connectivity index (χ3n) is 3.12. The number of nitrogens with one attached hydrogen (secondary N) is 1. The van der Waals surface area contributed by atoms with Crippen LogP contribution < -0.4 is 10.1 Å². The van der Waals surface area contributed by atoms with Crippen molar-refractivity contribution in [3.05, 3.63) is 42.0 Å². The van der Waals surface area contributed by atoms with Crippen LogP contribution in [0.1, 0.15) is 12.0 Å². The van der Waals surface area contributed by atoms with E-state index in [1.165, 1.54) is 10.8 Å². The van der Waals surface area contributed by atoms with Gasteiger partial charge in [0, 0.05) is 18.7 Å². The minimum atomic E-state index is 0. The Morgan fingerprint density at radius 2 is 2.00 bits per heavy atom. The summed E-state index contributed by atoms with van der Waals surface area (Å²) in [7, 11) is 0. The van der Waals surface area contributed by atoms with Gasteiger partial charge in [0.2, 0.25) is 0 Å². The number of hydrogen-bond acceptors (Lipinski definition) is 3. The molecule has 2 aromatic rings. The fourth-order valence-electron chi connectivity index (χ4n) is 2.17. The standard InChI is InChI=1S/C17H19NO2.ClH/c1-2-12-20-17-9-8-14-6-3-4-7-15(14)16(17)13-18-10-5-11-19;/h1,3-4,6-9,18-19H,5,10-13H2;1H. The van der Waals surface area contributed by atoms with E-state index in [1.54, 1.807) is 0 Å². The summed E-state index contributed by atoms with van der Waals surface area (Å²) in [6.45, 7) is 1.93. The molecule has 0 aromatic heterocycles. The van der Waals surface area contributed by atoms with Gasteiger partial charge in [-0.05, 0) is 29.8 Å². The van der Waals surface area contributed by atoms with Gasteiger partial charge < -0.3 is 15.2 Å². The molecule has 0 aliphatic heterocycles. The highest BCUT2D eigenvalue weighted by atomic mass is 35.5. The van der Waals surface area contributed by atoms with Crippen molar-refractivity contribution in [2.24, 2.45) is 0 Å². The van der Waals surface area contributed by atoms with Gasteiger partial charge >= 0.3 is 0 Å². The Morgan fingerprint density at radius 3 is 2.76 bits per heavy atom. The number of halogens is 1. The maximum Gasteiger partial charge on any atom is 0.148 e. The lowest BCUT2D eigenvalue weighted by molar-refractivity contribution is 0.286. The zero-order chi connectivity index (χ0) is 14.2. The third kappa shape index (κ3) is 4.64. The second-order valence-corrected chi connectivity index (χ2v) is 4.51. The van der Waals surface area contributed by atoms with Gasteiger partial charge in [-0.3, -0.25) is 0 Å². The number of ether oxygens (including phenoxy) is 1. The summed E-state index contributed by atoms with van der Waals surface area (Å²) in [6, 6.07) is 12.2. The van der Waals surface area contributed by atoms with Crippen molar-refractivity contribution < 1.29 is 9.84 Å². The van der Waals surface area contributed by atoms with Gasteiger partial charge in [-0.25, -0.2) is 0 Å². The quantitative estimate of drug-likeness (QED) is 0.610. The van der Waals surface area contributed by atoms with Crippen LogP contribution in [0.25, 0.3) is 10.8 Å². The molecule has 0 saturated heterocycles. The van der Waals surface area contributed by atoms with E-state index in [-0.39, 0.29) is 25.6 Å². The summed E-state index contributed by atoms with van der Waals surface area (Å²) in [6.07, 6.45) is 6.00. The second kappa shape index (κ2) is 9.25. The molecule has 2 N–H and O–H groups in total. The van der Waals surface area contributed by atoms with E-state index in [0.29, 0.717) is 6.54 Å². The number of hydrogen-bond donors (Lipinski definition) is 2. The molecule has 21 heavy (non-hydrogen) atoms. The van der Waals surface area contributed by atoms with E-state index in [9.17, 15) is 0 Å². The molecule has 0 atom stereocenters. The fraction of sp³-hybridized carbons (Fsp3) is 0.294. The van der Waals surface area contributed by atoms with Crippen LogP contribution in [-0.2, 0) is 6.54 Å². The number of terminal acetylenes is 1. The predicted octanol–water partition coefficient (Wildman–Crippen LogP) is 2.75. The molecule has 0 fully saturated rings. The number of benzene rings is 2. The Balaban J connectivity index is 0.00000220. The SMILES string of the molecule is C#CCOc1ccc2ccccc2c1CNCCCO.Cl. The molecule has 0 bridgehead atoms. The first-order valence-corrected chi connectivity index (χ1v) is 6.75. The molecule has 0 unspecified atom stereocenters. The average molecular weight is 306 g/mol. The maximum absolute atomic E-state index is 8.82. The van der Waals surface area contributed by atoms with Crippen molar-refractivity contribution in [1.29, 1.82) is 0 Å². The highest BCUT2D eigenvalue weighted by Gasteiger charge is 2.08. The molecule has 0 heterocycles. The summed E-state index contributed by atoms with van der Waals surface area (Å²) in [5.41, 5.74) is 1.11. The van der Waals surface area contributed by atoms with Crippen LogP contribution in [0.2, 0.25) is 0 Å². The molecular formula is C17H20ClNO2. The Morgan fingerprint density at radius 1 is 1.19 bits per heavy atom. The molecule has 0 aliphatic carbocycles. The van der Waals surface area contributed by atoms with E-state index in [0.717, 1.165) is 24.3 Å². The lowest BCUT2D eigenvalue weighted by Gasteiger charge is -2.13. The van der Waals surface area contributed by atoms with Crippen LogP contribution in [-0.4, -0.2) is 24.9 Å². The second-order valence-electron chi connectivity index (χ2n) is 4.51. The molecule has 112 valence electrons. The lowest BCUT2D eigenvalue weighted by atomic mass is 10.0. The van der Waals surface area contributed by atoms with Crippen LogP contribution in [0.5, 0.6) is 5.75 Å². The number of aliphatic hydroxyl groups is 1. The zero-order valence-electron chi connectivity index (χ0n) is 11.8. The van der Waals surface area contributed by atoms with Gasteiger partial charge in [0.15, 0.2) is 0 Å². The molecule has 2 rings (SSSR count). The predicted molar refractivity (Wildman–Crippen MR) is 88.9 cm³/mol. The Bertz CT molecular complexity index is 607. The molecule has 2 aromatic carbocycles. The van der Waals surface area contributed by atoms with Gasteiger partial charge in [-0.15, -0.1) is 18.8 Å². The van der Waals surface area contributed by atoms with E-state index >= 15 is 0 Å². The first-order valence-electron chi connectivity index (χ1n) is 6.75. The first-order chi connectivity index (χ1) is 9.86. The Kier molecular flexibility index (Phi) is 7.63. The summed E-state index contributed by atoms with van der Waals surface area (Å²) in [5.74, 6) is 3.31. The van der Waals surface area contributed by atoms with Crippen LogP contribution >= 0.6 is 12.4 Å². The summed E-state index contributed by atoms with van der Waals surface area (Å²) < 4.78 is 5.63. The van der Waals surface area contributed by atoms with E-state index in [1.807, 2.05) is 24.3 Å². The highest BCUT2D eigenvalue weighted by Crippen LogP contribution is 2.28. The minimum Gasteiger partial charge on any atom is -0.481 e. The van der Waals surface area contributed by atoms with Crippen molar-refractivity contribution in [1.82, 2.24) is 5.32 Å². The summed E-state index contributed by atoms with van der Waals surface area (Å²) in [5, 5.41) is 14.5. The third-order valence-corrected chi connectivity index (χ3v) is 3.12. The Labute approximate surface area is 131 Å². The van der Waals surface area contributed by atoms with E-state index in [4.69, 9.17) is 16.3 Å².